The first-order valence-electron chi connectivity index (χ1n) is 6.81. The monoisotopic (exact) mass is 360 g/mol. The molecule has 0 aliphatic carbocycles. The Balaban J connectivity index is 1.97. The standard InChI is InChI=1S/C17H17BrN2O2/c1-12(11-13-7-9-14(22-2)10-8-13)19-20-17(21)15-5-3-4-6-16(15)18/h3-10H,11H2,1-2H3,(H,20,21)/b19-12-. The average molecular weight is 361 g/mol. The molecule has 0 aromatic heterocycles. The first-order valence-corrected chi connectivity index (χ1v) is 7.60. The lowest BCUT2D eigenvalue weighted by Gasteiger charge is -2.05. The van der Waals surface area contributed by atoms with Crippen molar-refractivity contribution in [1.82, 2.24) is 5.43 Å². The van der Waals surface area contributed by atoms with Gasteiger partial charge >= 0.3 is 0 Å². The van der Waals surface area contributed by atoms with Crippen molar-refractivity contribution < 1.29 is 9.53 Å². The van der Waals surface area contributed by atoms with Crippen LogP contribution < -0.4 is 10.2 Å². The Kier molecular flexibility index (Phi) is 5.72. The number of methoxy groups -OCH3 is 1. The SMILES string of the molecule is COc1ccc(C/C(C)=N\NC(=O)c2ccccc2Br)cc1. The first-order chi connectivity index (χ1) is 10.6. The number of halogens is 1. The summed E-state index contributed by atoms with van der Waals surface area (Å²) >= 11 is 3.35. The molecule has 0 unspecified atom stereocenters. The van der Waals surface area contributed by atoms with Crippen molar-refractivity contribution in [1.29, 1.82) is 0 Å². The lowest BCUT2D eigenvalue weighted by atomic mass is 10.1. The van der Waals surface area contributed by atoms with E-state index >= 15 is 0 Å². The second-order valence-electron chi connectivity index (χ2n) is 4.79. The van der Waals surface area contributed by atoms with Crippen LogP contribution in [0.1, 0.15) is 22.8 Å². The number of rotatable bonds is 5. The van der Waals surface area contributed by atoms with Gasteiger partial charge in [0.05, 0.1) is 12.7 Å². The van der Waals surface area contributed by atoms with E-state index in [1.165, 1.54) is 0 Å². The third-order valence-electron chi connectivity index (χ3n) is 3.09. The van der Waals surface area contributed by atoms with Crippen LogP contribution in [0.25, 0.3) is 0 Å². The van der Waals surface area contributed by atoms with E-state index in [4.69, 9.17) is 4.74 Å². The molecule has 114 valence electrons. The predicted molar refractivity (Wildman–Crippen MR) is 91.4 cm³/mol. The van der Waals surface area contributed by atoms with E-state index in [1.54, 1.807) is 13.2 Å². The molecular formula is C17H17BrN2O2. The van der Waals surface area contributed by atoms with E-state index in [1.807, 2.05) is 49.4 Å². The summed E-state index contributed by atoms with van der Waals surface area (Å²) in [6.07, 6.45) is 0.667. The molecule has 5 heteroatoms. The minimum Gasteiger partial charge on any atom is -0.497 e. The summed E-state index contributed by atoms with van der Waals surface area (Å²) in [4.78, 5) is 12.0. The van der Waals surface area contributed by atoms with Gasteiger partial charge in [0.2, 0.25) is 0 Å². The van der Waals surface area contributed by atoms with E-state index in [0.717, 1.165) is 21.5 Å². The molecule has 2 aromatic carbocycles. The van der Waals surface area contributed by atoms with E-state index < -0.39 is 0 Å². The van der Waals surface area contributed by atoms with Gasteiger partial charge < -0.3 is 4.74 Å². The summed E-state index contributed by atoms with van der Waals surface area (Å²) in [5.41, 5.74) is 5.07. The number of carbonyl (C=O) groups excluding carboxylic acids is 1. The van der Waals surface area contributed by atoms with Crippen molar-refractivity contribution in [2.24, 2.45) is 5.10 Å². The molecule has 1 N–H and O–H groups in total. The van der Waals surface area contributed by atoms with Gasteiger partial charge in [-0.25, -0.2) is 5.43 Å². The number of amides is 1. The number of benzene rings is 2. The highest BCUT2D eigenvalue weighted by Gasteiger charge is 2.08. The molecular weight excluding hydrogens is 344 g/mol. The van der Waals surface area contributed by atoms with Crippen LogP contribution in [0.4, 0.5) is 0 Å². The van der Waals surface area contributed by atoms with Gasteiger partial charge in [0, 0.05) is 16.6 Å². The van der Waals surface area contributed by atoms with Gasteiger partial charge in [-0.1, -0.05) is 24.3 Å². The molecule has 0 saturated heterocycles. The minimum absolute atomic E-state index is 0.235. The first kappa shape index (κ1) is 16.2. The van der Waals surface area contributed by atoms with E-state index in [2.05, 4.69) is 26.5 Å². The number of hydrogen-bond donors (Lipinski definition) is 1. The van der Waals surface area contributed by atoms with Crippen LogP contribution in [-0.2, 0) is 6.42 Å². The Bertz CT molecular complexity index is 681. The topological polar surface area (TPSA) is 50.7 Å². The minimum atomic E-state index is -0.235. The Morgan fingerprint density at radius 2 is 1.86 bits per heavy atom. The fourth-order valence-corrected chi connectivity index (χ4v) is 2.39. The lowest BCUT2D eigenvalue weighted by Crippen LogP contribution is -2.20. The van der Waals surface area contributed by atoms with Crippen LogP contribution in [0, 0.1) is 0 Å². The molecule has 0 radical (unpaired) electrons. The molecule has 0 spiro atoms. The van der Waals surface area contributed by atoms with Crippen molar-refractivity contribution in [2.45, 2.75) is 13.3 Å². The molecule has 0 fully saturated rings. The van der Waals surface area contributed by atoms with Crippen LogP contribution in [0.2, 0.25) is 0 Å². The van der Waals surface area contributed by atoms with Gasteiger partial charge in [-0.3, -0.25) is 4.79 Å². The van der Waals surface area contributed by atoms with Crippen LogP contribution in [0.3, 0.4) is 0 Å². The predicted octanol–water partition coefficient (Wildman–Crippen LogP) is 3.81. The largest absolute Gasteiger partial charge is 0.497 e. The summed E-state index contributed by atoms with van der Waals surface area (Å²) in [6, 6.07) is 15.0. The van der Waals surface area contributed by atoms with E-state index in [-0.39, 0.29) is 5.91 Å². The second kappa shape index (κ2) is 7.75. The lowest BCUT2D eigenvalue weighted by molar-refractivity contribution is 0.0954. The summed E-state index contributed by atoms with van der Waals surface area (Å²) in [6.45, 7) is 1.88. The Hall–Kier alpha value is -2.14. The maximum Gasteiger partial charge on any atom is 0.272 e. The molecule has 4 nitrogen and oxygen atoms in total. The summed E-state index contributed by atoms with van der Waals surface area (Å²) in [7, 11) is 1.64. The smallest absolute Gasteiger partial charge is 0.272 e. The molecule has 0 heterocycles. The summed E-state index contributed by atoms with van der Waals surface area (Å²) in [5, 5.41) is 4.14. The van der Waals surface area contributed by atoms with Crippen LogP contribution in [-0.4, -0.2) is 18.7 Å². The fourth-order valence-electron chi connectivity index (χ4n) is 1.93. The number of hydrogen-bond acceptors (Lipinski definition) is 3. The third kappa shape index (κ3) is 4.43. The zero-order valence-corrected chi connectivity index (χ0v) is 14.1. The van der Waals surface area contributed by atoms with Crippen LogP contribution in [0.5, 0.6) is 5.75 Å². The van der Waals surface area contributed by atoms with Gasteiger partial charge in [0.1, 0.15) is 5.75 Å². The molecule has 2 aromatic rings. The maximum absolute atomic E-state index is 12.0. The molecule has 22 heavy (non-hydrogen) atoms. The normalized spacial score (nSPS) is 11.1. The van der Waals surface area contributed by atoms with Crippen LogP contribution in [0.15, 0.2) is 58.1 Å². The van der Waals surface area contributed by atoms with Gasteiger partial charge in [-0.15, -0.1) is 0 Å². The van der Waals surface area contributed by atoms with Crippen molar-refractivity contribution >= 4 is 27.5 Å². The number of ether oxygens (including phenoxy) is 1. The number of hydrazone groups is 1. The molecule has 0 atom stereocenters. The average Bonchev–Trinajstić information content (AvgIpc) is 2.54. The van der Waals surface area contributed by atoms with Crippen molar-refractivity contribution in [3.63, 3.8) is 0 Å². The van der Waals surface area contributed by atoms with Gasteiger partial charge in [0.15, 0.2) is 0 Å². The zero-order chi connectivity index (χ0) is 15.9. The Morgan fingerprint density at radius 1 is 1.18 bits per heavy atom. The third-order valence-corrected chi connectivity index (χ3v) is 3.78. The van der Waals surface area contributed by atoms with Gasteiger partial charge in [-0.05, 0) is 52.7 Å². The van der Waals surface area contributed by atoms with Gasteiger partial charge in [-0.2, -0.15) is 5.10 Å². The highest BCUT2D eigenvalue weighted by Crippen LogP contribution is 2.15. The molecule has 1 amide bonds. The van der Waals surface area contributed by atoms with Gasteiger partial charge in [0.25, 0.3) is 5.91 Å². The van der Waals surface area contributed by atoms with Crippen molar-refractivity contribution in [3.05, 3.63) is 64.1 Å². The Morgan fingerprint density at radius 3 is 2.50 bits per heavy atom. The zero-order valence-electron chi connectivity index (χ0n) is 12.5. The molecule has 2 rings (SSSR count). The van der Waals surface area contributed by atoms with E-state index in [0.29, 0.717) is 12.0 Å². The van der Waals surface area contributed by atoms with Crippen LogP contribution >= 0.6 is 15.9 Å². The van der Waals surface area contributed by atoms with Crippen molar-refractivity contribution in [3.8, 4) is 5.75 Å². The quantitative estimate of drug-likeness (QED) is 0.651. The van der Waals surface area contributed by atoms with E-state index in [9.17, 15) is 4.79 Å². The molecule has 0 aliphatic heterocycles. The number of nitrogens with zero attached hydrogens (tertiary/aromatic N) is 1. The molecule has 0 bridgehead atoms. The summed E-state index contributed by atoms with van der Waals surface area (Å²) < 4.78 is 5.87. The fraction of sp³-hybridized carbons (Fsp3) is 0.176. The van der Waals surface area contributed by atoms with Crippen molar-refractivity contribution in [2.75, 3.05) is 7.11 Å². The number of carbonyl (C=O) groups is 1. The molecule has 0 aliphatic rings. The highest BCUT2D eigenvalue weighted by molar-refractivity contribution is 9.10. The Labute approximate surface area is 138 Å². The second-order valence-corrected chi connectivity index (χ2v) is 5.65. The highest BCUT2D eigenvalue weighted by atomic mass is 79.9. The maximum atomic E-state index is 12.0. The number of nitrogens with one attached hydrogen (secondary N) is 1. The molecule has 0 saturated carbocycles. The summed E-state index contributed by atoms with van der Waals surface area (Å²) in [5.74, 6) is 0.585.